The second kappa shape index (κ2) is 16.2. The molecule has 0 saturated heterocycles. The molecule has 0 aliphatic heterocycles. The molecule has 4 aliphatic carbocycles. The number of esters is 1. The third kappa shape index (κ3) is 9.30. The molecule has 0 heterocycles. The van der Waals surface area contributed by atoms with E-state index in [2.05, 4.69) is 9.88 Å². The summed E-state index contributed by atoms with van der Waals surface area (Å²) < 4.78 is 32.6. The van der Waals surface area contributed by atoms with Crippen LogP contribution in [0.5, 0.6) is 0 Å². The Bertz CT molecular complexity index is 997. The van der Waals surface area contributed by atoms with Crippen molar-refractivity contribution in [2.24, 2.45) is 29.6 Å². The fraction of sp³-hybridized carbons (Fsp3) is 0.929. The molecule has 6 unspecified atom stereocenters. The van der Waals surface area contributed by atoms with E-state index in [0.717, 1.165) is 6.42 Å². The maximum Gasteiger partial charge on any atom is 0.310 e. The van der Waals surface area contributed by atoms with Gasteiger partial charge in [-0.25, -0.2) is 28.0 Å². The van der Waals surface area contributed by atoms with Crippen LogP contribution in [0.1, 0.15) is 89.9 Å². The molecule has 0 radical (unpaired) electrons. The lowest BCUT2D eigenvalue weighted by Gasteiger charge is -2.35. The minimum atomic E-state index is -3.39. The summed E-state index contributed by atoms with van der Waals surface area (Å²) in [6, 6.07) is 0. The summed E-state index contributed by atoms with van der Waals surface area (Å²) in [5, 5.41) is 27.4. The molecule has 248 valence electrons. The van der Waals surface area contributed by atoms with Gasteiger partial charge in [-0.3, -0.25) is 14.8 Å². The van der Waals surface area contributed by atoms with Gasteiger partial charge in [0.15, 0.2) is 9.84 Å². The second-order valence-electron chi connectivity index (χ2n) is 12.7. The standard InChI is InChI=1S/C28H47NO13S/c29-42-41-22-7-12-25(27(31)32)26(14-22)28(33)39-20-3-8-23(9-4-20)43(35,36)24-10-5-21(6-11-24)40-38-16-18-13-19(30)2-1-17(18)15-37-34/h17-26,30,34H,1-16,29H2,(H,31,32). The fourth-order valence-electron chi connectivity index (χ4n) is 7.36. The molecular formula is C28H47NO13S. The molecule has 5 N–H and O–H groups in total. The van der Waals surface area contributed by atoms with Crippen molar-refractivity contribution >= 4 is 21.8 Å². The van der Waals surface area contributed by atoms with Crippen LogP contribution in [-0.2, 0) is 48.7 Å². The van der Waals surface area contributed by atoms with Crippen molar-refractivity contribution < 1.29 is 62.8 Å². The smallest absolute Gasteiger partial charge is 0.310 e. The molecule has 4 fully saturated rings. The first-order valence-corrected chi connectivity index (χ1v) is 17.1. The summed E-state index contributed by atoms with van der Waals surface area (Å²) in [7, 11) is -3.39. The van der Waals surface area contributed by atoms with Gasteiger partial charge in [0.25, 0.3) is 0 Å². The van der Waals surface area contributed by atoms with Gasteiger partial charge in [-0.1, -0.05) is 0 Å². The first kappa shape index (κ1) is 34.4. The Hall–Kier alpha value is -1.43. The number of aliphatic hydroxyl groups is 1. The minimum absolute atomic E-state index is 0.0000245. The number of aliphatic carboxylic acids is 1. The van der Waals surface area contributed by atoms with Gasteiger partial charge in [-0.05, 0) is 102 Å². The van der Waals surface area contributed by atoms with Crippen LogP contribution >= 0.6 is 0 Å². The van der Waals surface area contributed by atoms with Gasteiger partial charge in [0, 0.05) is 0 Å². The van der Waals surface area contributed by atoms with E-state index in [4.69, 9.17) is 30.6 Å². The van der Waals surface area contributed by atoms with E-state index in [9.17, 15) is 28.2 Å². The number of nitrogens with two attached hydrogens (primary N) is 1. The number of sulfone groups is 1. The molecule has 4 rings (SSSR count). The van der Waals surface area contributed by atoms with Crippen LogP contribution in [0.4, 0.5) is 0 Å². The number of hydrogen-bond acceptors (Lipinski definition) is 13. The first-order valence-electron chi connectivity index (χ1n) is 15.5. The Morgan fingerprint density at radius 3 is 1.95 bits per heavy atom. The fourth-order valence-corrected chi connectivity index (χ4v) is 9.76. The second-order valence-corrected chi connectivity index (χ2v) is 15.2. The highest BCUT2D eigenvalue weighted by Crippen LogP contribution is 2.37. The van der Waals surface area contributed by atoms with E-state index in [0.29, 0.717) is 70.6 Å². The Balaban J connectivity index is 1.18. The molecule has 4 saturated carbocycles. The highest BCUT2D eigenvalue weighted by molar-refractivity contribution is 7.92. The normalized spacial score (nSPS) is 37.5. The lowest BCUT2D eigenvalue weighted by Crippen LogP contribution is -2.42. The Morgan fingerprint density at radius 2 is 1.35 bits per heavy atom. The molecule has 0 aromatic heterocycles. The summed E-state index contributed by atoms with van der Waals surface area (Å²) in [6.07, 6.45) is 4.73. The van der Waals surface area contributed by atoms with Gasteiger partial charge >= 0.3 is 11.9 Å². The van der Waals surface area contributed by atoms with E-state index in [-0.39, 0.29) is 44.0 Å². The molecule has 0 amide bonds. The zero-order valence-electron chi connectivity index (χ0n) is 24.5. The van der Waals surface area contributed by atoms with Gasteiger partial charge in [0.05, 0.1) is 53.9 Å². The average molecular weight is 638 g/mol. The van der Waals surface area contributed by atoms with Gasteiger partial charge in [0.2, 0.25) is 0 Å². The van der Waals surface area contributed by atoms with Crippen molar-refractivity contribution in [3.63, 3.8) is 0 Å². The van der Waals surface area contributed by atoms with Crippen LogP contribution in [0, 0.1) is 23.7 Å². The number of carbonyl (C=O) groups is 2. The van der Waals surface area contributed by atoms with Crippen molar-refractivity contribution in [1.82, 2.24) is 0 Å². The maximum atomic E-state index is 13.5. The van der Waals surface area contributed by atoms with Gasteiger partial charge < -0.3 is 14.9 Å². The summed E-state index contributed by atoms with van der Waals surface area (Å²) in [4.78, 5) is 49.2. The molecule has 14 nitrogen and oxygen atoms in total. The molecule has 6 atom stereocenters. The van der Waals surface area contributed by atoms with Crippen molar-refractivity contribution in [1.29, 1.82) is 0 Å². The summed E-state index contributed by atoms with van der Waals surface area (Å²) in [6.45, 7) is 0.450. The molecule has 0 spiro atoms. The molecule has 43 heavy (non-hydrogen) atoms. The van der Waals surface area contributed by atoms with Crippen LogP contribution in [0.2, 0.25) is 0 Å². The van der Waals surface area contributed by atoms with Crippen LogP contribution in [0.15, 0.2) is 0 Å². The molecule has 0 bridgehead atoms. The third-order valence-electron chi connectivity index (χ3n) is 9.96. The Morgan fingerprint density at radius 1 is 0.721 bits per heavy atom. The number of hydrogen-bond donors (Lipinski definition) is 4. The predicted octanol–water partition coefficient (Wildman–Crippen LogP) is 2.47. The van der Waals surface area contributed by atoms with E-state index in [1.54, 1.807) is 0 Å². The molecule has 0 aromatic rings. The van der Waals surface area contributed by atoms with E-state index in [1.165, 1.54) is 0 Å². The predicted molar refractivity (Wildman–Crippen MR) is 148 cm³/mol. The maximum absolute atomic E-state index is 13.5. The highest BCUT2D eigenvalue weighted by atomic mass is 32.2. The Labute approximate surface area is 252 Å². The summed E-state index contributed by atoms with van der Waals surface area (Å²) >= 11 is 0. The van der Waals surface area contributed by atoms with Gasteiger partial charge in [0.1, 0.15) is 6.10 Å². The van der Waals surface area contributed by atoms with Crippen molar-refractivity contribution in [2.45, 2.75) is 125 Å². The third-order valence-corrected chi connectivity index (χ3v) is 12.8. The summed E-state index contributed by atoms with van der Waals surface area (Å²) in [5.74, 6) is 1.58. The topological polar surface area (TPSA) is 210 Å². The highest BCUT2D eigenvalue weighted by Gasteiger charge is 2.44. The van der Waals surface area contributed by atoms with Gasteiger partial charge in [-0.2, -0.15) is 5.90 Å². The van der Waals surface area contributed by atoms with Crippen LogP contribution < -0.4 is 5.90 Å². The van der Waals surface area contributed by atoms with Crippen LogP contribution in [-0.4, -0.2) is 84.0 Å². The number of carboxylic acid groups (broad SMARTS) is 1. The number of rotatable bonds is 13. The van der Waals surface area contributed by atoms with Gasteiger partial charge in [-0.15, -0.1) is 4.99 Å². The minimum Gasteiger partial charge on any atom is -0.481 e. The molecule has 4 aliphatic rings. The zero-order valence-corrected chi connectivity index (χ0v) is 25.3. The molecular weight excluding hydrogens is 590 g/mol. The van der Waals surface area contributed by atoms with Crippen molar-refractivity contribution in [3.8, 4) is 0 Å². The van der Waals surface area contributed by atoms with E-state index >= 15 is 0 Å². The SMILES string of the molecule is NOOC1CCC(C(=O)O)C(C(=O)OC2CCC(S(=O)(=O)C3CCC(OOCC4CC(O)CCC4COO)CC3)CC2)C1. The number of carboxylic acids is 1. The summed E-state index contributed by atoms with van der Waals surface area (Å²) in [5.41, 5.74) is 0. The Kier molecular flexibility index (Phi) is 13.0. The lowest BCUT2D eigenvalue weighted by molar-refractivity contribution is -0.339. The largest absolute Gasteiger partial charge is 0.481 e. The lowest BCUT2D eigenvalue weighted by atomic mass is 9.78. The molecule has 0 aromatic carbocycles. The van der Waals surface area contributed by atoms with Crippen LogP contribution in [0.3, 0.4) is 0 Å². The number of carbonyl (C=O) groups excluding carboxylic acids is 1. The first-order chi connectivity index (χ1) is 20.6. The van der Waals surface area contributed by atoms with Crippen molar-refractivity contribution in [3.05, 3.63) is 0 Å². The quantitative estimate of drug-likeness (QED) is 0.130. The molecule has 15 heteroatoms. The average Bonchev–Trinajstić information content (AvgIpc) is 2.99. The van der Waals surface area contributed by atoms with E-state index < -0.39 is 62.4 Å². The van der Waals surface area contributed by atoms with Crippen molar-refractivity contribution in [2.75, 3.05) is 13.2 Å². The number of ether oxygens (including phenoxy) is 1. The number of aliphatic hydroxyl groups excluding tert-OH is 1. The monoisotopic (exact) mass is 637 g/mol. The van der Waals surface area contributed by atoms with E-state index in [1.807, 2.05) is 0 Å². The zero-order chi connectivity index (χ0) is 31.0. The van der Waals surface area contributed by atoms with Crippen LogP contribution in [0.25, 0.3) is 0 Å².